The van der Waals surface area contributed by atoms with Gasteiger partial charge in [0.1, 0.15) is 17.4 Å². The summed E-state index contributed by atoms with van der Waals surface area (Å²) in [5.74, 6) is 1.31. The van der Waals surface area contributed by atoms with Gasteiger partial charge in [0.15, 0.2) is 0 Å². The van der Waals surface area contributed by atoms with Crippen LogP contribution in [0, 0.1) is 5.92 Å². The second-order valence-corrected chi connectivity index (χ2v) is 7.17. The summed E-state index contributed by atoms with van der Waals surface area (Å²) in [6.07, 6.45) is 2.25. The summed E-state index contributed by atoms with van der Waals surface area (Å²) in [6, 6.07) is 19.6. The van der Waals surface area contributed by atoms with E-state index in [2.05, 4.69) is 12.2 Å². The number of para-hydroxylation sites is 1. The van der Waals surface area contributed by atoms with E-state index in [9.17, 15) is 4.79 Å². The zero-order chi connectivity index (χ0) is 17.9. The molecule has 0 bridgehead atoms. The van der Waals surface area contributed by atoms with Crippen LogP contribution in [0.1, 0.15) is 37.1 Å². The van der Waals surface area contributed by atoms with Crippen molar-refractivity contribution in [1.29, 1.82) is 0 Å². The minimum atomic E-state index is -0.298. The summed E-state index contributed by atoms with van der Waals surface area (Å²) < 4.78 is 6.06. The van der Waals surface area contributed by atoms with E-state index in [4.69, 9.17) is 4.42 Å². The van der Waals surface area contributed by atoms with Crippen molar-refractivity contribution in [2.24, 2.45) is 5.92 Å². The molecule has 2 aromatic carbocycles. The van der Waals surface area contributed by atoms with E-state index in [1.807, 2.05) is 65.6 Å². The zero-order valence-corrected chi connectivity index (χ0v) is 15.0. The lowest BCUT2D eigenvalue weighted by atomic mass is 10.0. The maximum atomic E-state index is 12.9. The fourth-order valence-electron chi connectivity index (χ4n) is 3.70. The molecule has 4 heteroatoms. The van der Waals surface area contributed by atoms with Gasteiger partial charge in [-0.05, 0) is 36.5 Å². The van der Waals surface area contributed by atoms with E-state index in [0.29, 0.717) is 5.92 Å². The average molecular weight is 348 g/mol. The summed E-state index contributed by atoms with van der Waals surface area (Å²) in [4.78, 5) is 14.8. The number of likely N-dealkylation sites (tertiary alicyclic amines) is 1. The van der Waals surface area contributed by atoms with E-state index >= 15 is 0 Å². The van der Waals surface area contributed by atoms with Gasteiger partial charge >= 0.3 is 6.03 Å². The molecule has 1 aliphatic rings. The zero-order valence-electron chi connectivity index (χ0n) is 15.0. The first-order chi connectivity index (χ1) is 12.7. The number of fused-ring (bicyclic) bond motifs is 1. The molecule has 1 saturated heterocycles. The molecule has 2 heterocycles. The SMILES string of the molecule is C[C@@H]1CCCN(C(=O)N[C@@H](c2ccccc2)c2cc3ccccc3o2)C1. The van der Waals surface area contributed by atoms with Gasteiger partial charge in [-0.15, -0.1) is 0 Å². The lowest BCUT2D eigenvalue weighted by Crippen LogP contribution is -2.46. The monoisotopic (exact) mass is 348 g/mol. The maximum absolute atomic E-state index is 12.9. The highest BCUT2D eigenvalue weighted by Gasteiger charge is 2.26. The lowest BCUT2D eigenvalue weighted by molar-refractivity contribution is 0.167. The normalized spacial score (nSPS) is 18.7. The fraction of sp³-hybridized carbons (Fsp3) is 0.318. The van der Waals surface area contributed by atoms with Crippen molar-refractivity contribution in [3.63, 3.8) is 0 Å². The largest absolute Gasteiger partial charge is 0.459 e. The van der Waals surface area contributed by atoms with Crippen LogP contribution in [0.15, 0.2) is 65.1 Å². The number of hydrogen-bond donors (Lipinski definition) is 1. The van der Waals surface area contributed by atoms with Crippen LogP contribution in [-0.2, 0) is 0 Å². The number of urea groups is 1. The van der Waals surface area contributed by atoms with Crippen LogP contribution >= 0.6 is 0 Å². The molecular weight excluding hydrogens is 324 g/mol. The number of rotatable bonds is 3. The van der Waals surface area contributed by atoms with Crippen LogP contribution < -0.4 is 5.32 Å². The molecule has 0 spiro atoms. The van der Waals surface area contributed by atoms with Gasteiger partial charge in [0, 0.05) is 18.5 Å². The van der Waals surface area contributed by atoms with Crippen LogP contribution in [-0.4, -0.2) is 24.0 Å². The summed E-state index contributed by atoms with van der Waals surface area (Å²) in [5.41, 5.74) is 1.86. The molecular formula is C22H24N2O2. The first kappa shape index (κ1) is 16.7. The highest BCUT2D eigenvalue weighted by molar-refractivity contribution is 5.79. The van der Waals surface area contributed by atoms with Crippen LogP contribution in [0.5, 0.6) is 0 Å². The van der Waals surface area contributed by atoms with Gasteiger partial charge in [-0.2, -0.15) is 0 Å². The Morgan fingerprint density at radius 3 is 2.69 bits per heavy atom. The Labute approximate surface area is 153 Å². The number of carbonyl (C=O) groups excluding carboxylic acids is 1. The van der Waals surface area contributed by atoms with E-state index in [1.54, 1.807) is 0 Å². The summed E-state index contributed by atoms with van der Waals surface area (Å²) in [6.45, 7) is 3.83. The predicted octanol–water partition coefficient (Wildman–Crippen LogP) is 4.96. The molecule has 134 valence electrons. The third-order valence-corrected chi connectivity index (χ3v) is 5.07. The van der Waals surface area contributed by atoms with Crippen molar-refractivity contribution < 1.29 is 9.21 Å². The van der Waals surface area contributed by atoms with E-state index < -0.39 is 0 Å². The van der Waals surface area contributed by atoms with Crippen molar-refractivity contribution in [1.82, 2.24) is 10.2 Å². The highest BCUT2D eigenvalue weighted by Crippen LogP contribution is 2.29. The Bertz CT molecular complexity index is 854. The molecule has 2 atom stereocenters. The third kappa shape index (κ3) is 3.45. The lowest BCUT2D eigenvalue weighted by Gasteiger charge is -2.32. The first-order valence-electron chi connectivity index (χ1n) is 9.29. The Morgan fingerprint density at radius 1 is 1.15 bits per heavy atom. The maximum Gasteiger partial charge on any atom is 0.318 e. The van der Waals surface area contributed by atoms with E-state index in [0.717, 1.165) is 41.8 Å². The van der Waals surface area contributed by atoms with Gasteiger partial charge < -0.3 is 14.6 Å². The molecule has 2 amide bonds. The smallest absolute Gasteiger partial charge is 0.318 e. The van der Waals surface area contributed by atoms with Crippen molar-refractivity contribution in [2.45, 2.75) is 25.8 Å². The van der Waals surface area contributed by atoms with Gasteiger partial charge in [-0.3, -0.25) is 0 Å². The molecule has 1 aliphatic heterocycles. The summed E-state index contributed by atoms with van der Waals surface area (Å²) in [5, 5.41) is 4.24. The number of carbonyl (C=O) groups is 1. The standard InChI is InChI=1S/C22H24N2O2/c1-16-8-7-13-24(15-16)22(25)23-21(17-9-3-2-4-10-17)20-14-18-11-5-6-12-19(18)26-20/h2-6,9-12,14,16,21H,7-8,13,15H2,1H3,(H,23,25)/t16-,21+/m1/s1. The number of nitrogens with zero attached hydrogens (tertiary/aromatic N) is 1. The number of piperidine rings is 1. The topological polar surface area (TPSA) is 45.5 Å². The molecule has 26 heavy (non-hydrogen) atoms. The second-order valence-electron chi connectivity index (χ2n) is 7.17. The average Bonchev–Trinajstić information content (AvgIpc) is 3.10. The van der Waals surface area contributed by atoms with Crippen LogP contribution in [0.4, 0.5) is 4.79 Å². The molecule has 1 aromatic heterocycles. The number of benzene rings is 2. The molecule has 0 unspecified atom stereocenters. The Balaban J connectivity index is 1.64. The number of furan rings is 1. The quantitative estimate of drug-likeness (QED) is 0.727. The molecule has 1 fully saturated rings. The van der Waals surface area contributed by atoms with Crippen molar-refractivity contribution in [3.8, 4) is 0 Å². The van der Waals surface area contributed by atoms with Gasteiger partial charge in [0.05, 0.1) is 0 Å². The van der Waals surface area contributed by atoms with Crippen molar-refractivity contribution >= 4 is 17.0 Å². The van der Waals surface area contributed by atoms with Crippen LogP contribution in [0.25, 0.3) is 11.0 Å². The Kier molecular flexibility index (Phi) is 4.65. The highest BCUT2D eigenvalue weighted by atomic mass is 16.3. The van der Waals surface area contributed by atoms with Gasteiger partial charge in [0.2, 0.25) is 0 Å². The number of nitrogens with one attached hydrogen (secondary N) is 1. The summed E-state index contributed by atoms with van der Waals surface area (Å²) in [7, 11) is 0. The Morgan fingerprint density at radius 2 is 1.92 bits per heavy atom. The first-order valence-corrected chi connectivity index (χ1v) is 9.29. The molecule has 0 saturated carbocycles. The van der Waals surface area contributed by atoms with Gasteiger partial charge in [-0.1, -0.05) is 55.5 Å². The minimum absolute atomic E-state index is 0.0224. The molecule has 4 rings (SSSR count). The third-order valence-electron chi connectivity index (χ3n) is 5.07. The summed E-state index contributed by atoms with van der Waals surface area (Å²) >= 11 is 0. The van der Waals surface area contributed by atoms with Crippen molar-refractivity contribution in [3.05, 3.63) is 72.0 Å². The van der Waals surface area contributed by atoms with E-state index in [-0.39, 0.29) is 12.1 Å². The van der Waals surface area contributed by atoms with Gasteiger partial charge in [-0.25, -0.2) is 4.79 Å². The molecule has 4 nitrogen and oxygen atoms in total. The van der Waals surface area contributed by atoms with E-state index in [1.165, 1.54) is 6.42 Å². The molecule has 3 aromatic rings. The predicted molar refractivity (Wildman–Crippen MR) is 103 cm³/mol. The fourth-order valence-corrected chi connectivity index (χ4v) is 3.70. The van der Waals surface area contributed by atoms with Crippen molar-refractivity contribution in [2.75, 3.05) is 13.1 Å². The van der Waals surface area contributed by atoms with Crippen LogP contribution in [0.2, 0.25) is 0 Å². The molecule has 0 aliphatic carbocycles. The number of amides is 2. The second kappa shape index (κ2) is 7.24. The number of hydrogen-bond acceptors (Lipinski definition) is 2. The minimum Gasteiger partial charge on any atom is -0.459 e. The molecule has 0 radical (unpaired) electrons. The van der Waals surface area contributed by atoms with Gasteiger partial charge in [0.25, 0.3) is 0 Å². The molecule has 1 N–H and O–H groups in total. The Hall–Kier alpha value is -2.75. The van der Waals surface area contributed by atoms with Crippen LogP contribution in [0.3, 0.4) is 0 Å².